The van der Waals surface area contributed by atoms with Crippen molar-refractivity contribution >= 4 is 29.4 Å². The van der Waals surface area contributed by atoms with Gasteiger partial charge in [0, 0.05) is 39.4 Å². The van der Waals surface area contributed by atoms with Gasteiger partial charge in [0.2, 0.25) is 0 Å². The fourth-order valence-corrected chi connectivity index (χ4v) is 3.26. The molecule has 0 radical (unpaired) electrons. The van der Waals surface area contributed by atoms with Crippen molar-refractivity contribution in [3.63, 3.8) is 0 Å². The molecule has 0 bridgehead atoms. The Morgan fingerprint density at radius 2 is 2.03 bits per heavy atom. The van der Waals surface area contributed by atoms with Gasteiger partial charge in [-0.1, -0.05) is 11.6 Å². The number of alkyl halides is 3. The van der Waals surface area contributed by atoms with Crippen LogP contribution in [0.2, 0.25) is 5.02 Å². The van der Waals surface area contributed by atoms with E-state index in [9.17, 15) is 22.8 Å². The van der Waals surface area contributed by atoms with Crippen LogP contribution in [0.1, 0.15) is 18.4 Å². The number of hydrogen-bond donors (Lipinski definition) is 2. The molecule has 168 valence electrons. The average Bonchev–Trinajstić information content (AvgIpc) is 2.94. The zero-order valence-electron chi connectivity index (χ0n) is 16.6. The van der Waals surface area contributed by atoms with E-state index < -0.39 is 17.8 Å². The van der Waals surface area contributed by atoms with Crippen molar-refractivity contribution in [2.45, 2.75) is 19.0 Å². The lowest BCUT2D eigenvalue weighted by Gasteiger charge is -2.24. The Hall–Kier alpha value is -2.27. The average molecular weight is 452 g/mol. The fourth-order valence-electron chi connectivity index (χ4n) is 2.97. The second-order valence-corrected chi connectivity index (χ2v) is 7.15. The second kappa shape index (κ2) is 11.2. The van der Waals surface area contributed by atoms with Gasteiger partial charge in [-0.15, -0.1) is 0 Å². The van der Waals surface area contributed by atoms with Crippen LogP contribution in [-0.2, 0) is 15.7 Å². The maximum Gasteiger partial charge on any atom is 0.417 e. The summed E-state index contributed by atoms with van der Waals surface area (Å²) in [6, 6.07) is 0.904. The highest BCUT2D eigenvalue weighted by Gasteiger charge is 2.32. The standard InChI is InChI=1S/C18H25ClF3N5O3/c1-23-15(28)12-30-17(29)24-4-2-5-26-6-3-7-27(9-8-26)16-14(19)10-13(11-25-16)18(20,21)22/h10-11H,2-9,12H2,1H3,(H,23,28)(H,24,29). The van der Waals surface area contributed by atoms with Crippen LogP contribution in [0.4, 0.5) is 23.8 Å². The number of pyridine rings is 1. The zero-order valence-corrected chi connectivity index (χ0v) is 17.4. The molecule has 0 aromatic carbocycles. The Balaban J connectivity index is 1.75. The number of alkyl carbamates (subject to hydrolysis) is 1. The van der Waals surface area contributed by atoms with E-state index in [0.29, 0.717) is 38.4 Å². The molecule has 12 heteroatoms. The van der Waals surface area contributed by atoms with E-state index in [1.807, 2.05) is 4.90 Å². The third kappa shape index (κ3) is 7.52. The molecule has 1 aliphatic rings. The first-order valence-corrected chi connectivity index (χ1v) is 9.89. The number of amides is 2. The highest BCUT2D eigenvalue weighted by atomic mass is 35.5. The van der Waals surface area contributed by atoms with E-state index in [-0.39, 0.29) is 17.5 Å². The first-order chi connectivity index (χ1) is 14.2. The van der Waals surface area contributed by atoms with Gasteiger partial charge in [0.1, 0.15) is 5.82 Å². The third-order valence-electron chi connectivity index (χ3n) is 4.57. The summed E-state index contributed by atoms with van der Waals surface area (Å²) < 4.78 is 43.1. The summed E-state index contributed by atoms with van der Waals surface area (Å²) in [5, 5.41) is 4.91. The number of nitrogens with one attached hydrogen (secondary N) is 2. The number of aromatic nitrogens is 1. The molecule has 0 spiro atoms. The zero-order chi connectivity index (χ0) is 22.1. The molecule has 2 amide bonds. The van der Waals surface area contributed by atoms with Crippen LogP contribution in [-0.4, -0.2) is 74.8 Å². The highest BCUT2D eigenvalue weighted by molar-refractivity contribution is 6.33. The summed E-state index contributed by atoms with van der Waals surface area (Å²) >= 11 is 6.05. The Labute approximate surface area is 177 Å². The SMILES string of the molecule is CNC(=O)COC(=O)NCCCN1CCCN(c2ncc(C(F)(F)F)cc2Cl)CC1. The minimum Gasteiger partial charge on any atom is -0.439 e. The van der Waals surface area contributed by atoms with Gasteiger partial charge < -0.3 is 25.2 Å². The molecule has 1 fully saturated rings. The second-order valence-electron chi connectivity index (χ2n) is 6.74. The van der Waals surface area contributed by atoms with Gasteiger partial charge in [0.15, 0.2) is 6.61 Å². The van der Waals surface area contributed by atoms with Crippen LogP contribution >= 0.6 is 11.6 Å². The first kappa shape index (κ1) is 24.0. The molecule has 1 saturated heterocycles. The Kier molecular flexibility index (Phi) is 8.97. The van der Waals surface area contributed by atoms with Crippen LogP contribution < -0.4 is 15.5 Å². The monoisotopic (exact) mass is 451 g/mol. The van der Waals surface area contributed by atoms with Gasteiger partial charge in [-0.3, -0.25) is 4.79 Å². The molecule has 1 aromatic heterocycles. The van der Waals surface area contributed by atoms with Crippen LogP contribution in [0.3, 0.4) is 0 Å². The third-order valence-corrected chi connectivity index (χ3v) is 4.85. The smallest absolute Gasteiger partial charge is 0.417 e. The number of likely N-dealkylation sites (N-methyl/N-ethyl adjacent to an activating group) is 1. The number of rotatable bonds is 7. The molecule has 0 aliphatic carbocycles. The Morgan fingerprint density at radius 1 is 1.27 bits per heavy atom. The van der Waals surface area contributed by atoms with Crippen molar-refractivity contribution < 1.29 is 27.5 Å². The lowest BCUT2D eigenvalue weighted by atomic mass is 10.2. The molecular formula is C18H25ClF3N5O3. The predicted octanol–water partition coefficient (Wildman–Crippen LogP) is 2.13. The van der Waals surface area contributed by atoms with Crippen molar-refractivity contribution in [3.05, 3.63) is 22.8 Å². The molecule has 8 nitrogen and oxygen atoms in total. The number of anilines is 1. The summed E-state index contributed by atoms with van der Waals surface area (Å²) in [7, 11) is 1.45. The summed E-state index contributed by atoms with van der Waals surface area (Å²) in [6.07, 6.45) is -2.83. The van der Waals surface area contributed by atoms with Crippen LogP contribution in [0.5, 0.6) is 0 Å². The van der Waals surface area contributed by atoms with Gasteiger partial charge in [-0.25, -0.2) is 9.78 Å². The maximum atomic E-state index is 12.8. The molecular weight excluding hydrogens is 427 g/mol. The summed E-state index contributed by atoms with van der Waals surface area (Å²) in [5.41, 5.74) is -0.867. The summed E-state index contributed by atoms with van der Waals surface area (Å²) in [4.78, 5) is 30.5. The molecule has 2 heterocycles. The number of carbonyl (C=O) groups excluding carboxylic acids is 2. The number of carbonyl (C=O) groups is 2. The number of nitrogens with zero attached hydrogens (tertiary/aromatic N) is 3. The molecule has 0 atom stereocenters. The highest BCUT2D eigenvalue weighted by Crippen LogP contribution is 2.33. The van der Waals surface area contributed by atoms with E-state index >= 15 is 0 Å². The molecule has 2 rings (SSSR count). The van der Waals surface area contributed by atoms with Gasteiger partial charge >= 0.3 is 12.3 Å². The minimum absolute atomic E-state index is 0.0160. The molecule has 1 aliphatic heterocycles. The van der Waals surface area contributed by atoms with Gasteiger partial charge in [0.05, 0.1) is 10.6 Å². The number of halogens is 4. The van der Waals surface area contributed by atoms with E-state index in [4.69, 9.17) is 16.3 Å². The maximum absolute atomic E-state index is 12.8. The molecule has 2 N–H and O–H groups in total. The van der Waals surface area contributed by atoms with E-state index in [2.05, 4.69) is 20.5 Å². The fraction of sp³-hybridized carbons (Fsp3) is 0.611. The van der Waals surface area contributed by atoms with Gasteiger partial charge in [0.25, 0.3) is 5.91 Å². The van der Waals surface area contributed by atoms with Crippen molar-refractivity contribution in [1.29, 1.82) is 0 Å². The van der Waals surface area contributed by atoms with Crippen molar-refractivity contribution in [3.8, 4) is 0 Å². The van der Waals surface area contributed by atoms with E-state index in [1.54, 1.807) is 0 Å². The summed E-state index contributed by atoms with van der Waals surface area (Å²) in [6.45, 7) is 3.54. The lowest BCUT2D eigenvalue weighted by molar-refractivity contribution is -0.137. The van der Waals surface area contributed by atoms with Gasteiger partial charge in [-0.05, 0) is 32.0 Å². The Bertz CT molecular complexity index is 736. The van der Waals surface area contributed by atoms with E-state index in [0.717, 1.165) is 31.8 Å². The lowest BCUT2D eigenvalue weighted by Crippen LogP contribution is -2.34. The van der Waals surface area contributed by atoms with Crippen molar-refractivity contribution in [2.75, 3.05) is 57.8 Å². The van der Waals surface area contributed by atoms with E-state index in [1.165, 1.54) is 7.05 Å². The number of hydrogen-bond acceptors (Lipinski definition) is 6. The van der Waals surface area contributed by atoms with Crippen LogP contribution in [0.15, 0.2) is 12.3 Å². The van der Waals surface area contributed by atoms with Crippen LogP contribution in [0.25, 0.3) is 0 Å². The van der Waals surface area contributed by atoms with Crippen molar-refractivity contribution in [1.82, 2.24) is 20.5 Å². The minimum atomic E-state index is -4.48. The normalized spacial score (nSPS) is 15.4. The van der Waals surface area contributed by atoms with Crippen molar-refractivity contribution in [2.24, 2.45) is 0 Å². The first-order valence-electron chi connectivity index (χ1n) is 9.52. The molecule has 0 saturated carbocycles. The topological polar surface area (TPSA) is 86.8 Å². The summed E-state index contributed by atoms with van der Waals surface area (Å²) in [5.74, 6) is -0.0334. The number of ether oxygens (including phenoxy) is 1. The molecule has 30 heavy (non-hydrogen) atoms. The molecule has 0 unspecified atom stereocenters. The van der Waals surface area contributed by atoms with Crippen LogP contribution in [0, 0.1) is 0 Å². The quantitative estimate of drug-likeness (QED) is 0.618. The predicted molar refractivity (Wildman–Crippen MR) is 106 cm³/mol. The molecule has 1 aromatic rings. The Morgan fingerprint density at radius 3 is 2.70 bits per heavy atom. The largest absolute Gasteiger partial charge is 0.439 e. The van der Waals surface area contributed by atoms with Gasteiger partial charge in [-0.2, -0.15) is 13.2 Å².